The number of carbonyl (C=O) groups is 2. The molecule has 1 amide bonds. The number of amides is 1. The van der Waals surface area contributed by atoms with Crippen molar-refractivity contribution in [1.29, 1.82) is 0 Å². The Morgan fingerprint density at radius 2 is 1.96 bits per heavy atom. The molecule has 3 rings (SSSR count). The molecule has 2 aliphatic rings. The first-order chi connectivity index (χ1) is 11.1. The summed E-state index contributed by atoms with van der Waals surface area (Å²) in [4.78, 5) is 25.9. The predicted octanol–water partition coefficient (Wildman–Crippen LogP) is 3.37. The van der Waals surface area contributed by atoms with Crippen molar-refractivity contribution < 1.29 is 19.1 Å². The lowest BCUT2D eigenvalue weighted by Gasteiger charge is -2.34. The van der Waals surface area contributed by atoms with Crippen LogP contribution in [0.15, 0.2) is 24.3 Å². The molecule has 6 heteroatoms. The zero-order chi connectivity index (χ0) is 16.4. The number of hydrogen-bond acceptors (Lipinski definition) is 3. The van der Waals surface area contributed by atoms with Crippen molar-refractivity contribution in [3.8, 4) is 0 Å². The molecule has 1 aliphatic carbocycles. The SMILES string of the molecule is O=C(O)[C@@H]1CS[C@@H](C2CCCCC2)N1C(=O)c1cccc(F)c1. The van der Waals surface area contributed by atoms with Gasteiger partial charge >= 0.3 is 5.97 Å². The van der Waals surface area contributed by atoms with Gasteiger partial charge in [0.25, 0.3) is 5.91 Å². The number of hydrogen-bond donors (Lipinski definition) is 1. The standard InChI is InChI=1S/C17H20FNO3S/c18-13-8-4-7-12(9-13)15(20)19-14(17(21)22)10-23-16(19)11-5-2-1-3-6-11/h4,7-9,11,14,16H,1-3,5-6,10H2,(H,21,22)/t14-,16-/m0/s1. The van der Waals surface area contributed by atoms with Crippen LogP contribution < -0.4 is 0 Å². The van der Waals surface area contributed by atoms with Crippen LogP contribution in [0.1, 0.15) is 42.5 Å². The molecule has 1 aromatic rings. The lowest BCUT2D eigenvalue weighted by Crippen LogP contribution is -2.48. The highest BCUT2D eigenvalue weighted by molar-refractivity contribution is 8.00. The van der Waals surface area contributed by atoms with Crippen molar-refractivity contribution in [1.82, 2.24) is 4.90 Å². The molecule has 2 atom stereocenters. The molecule has 0 spiro atoms. The van der Waals surface area contributed by atoms with Crippen molar-refractivity contribution in [3.05, 3.63) is 35.6 Å². The summed E-state index contributed by atoms with van der Waals surface area (Å²) in [5.74, 6) is -1.12. The second-order valence-electron chi connectivity index (χ2n) is 6.20. The quantitative estimate of drug-likeness (QED) is 0.919. The van der Waals surface area contributed by atoms with Crippen LogP contribution in [0.5, 0.6) is 0 Å². The van der Waals surface area contributed by atoms with Crippen molar-refractivity contribution in [2.24, 2.45) is 5.92 Å². The molecule has 0 radical (unpaired) electrons. The fraction of sp³-hybridized carbons (Fsp3) is 0.529. The van der Waals surface area contributed by atoms with Crippen LogP contribution in [-0.4, -0.2) is 39.1 Å². The van der Waals surface area contributed by atoms with E-state index in [0.717, 1.165) is 25.7 Å². The molecular formula is C17H20FNO3S. The molecule has 1 N–H and O–H groups in total. The Kier molecular flexibility index (Phi) is 4.90. The summed E-state index contributed by atoms with van der Waals surface area (Å²) in [6, 6.07) is 4.66. The normalized spacial score (nSPS) is 25.5. The van der Waals surface area contributed by atoms with Crippen molar-refractivity contribution in [2.45, 2.75) is 43.5 Å². The van der Waals surface area contributed by atoms with E-state index in [2.05, 4.69) is 0 Å². The third-order valence-corrected chi connectivity index (χ3v) is 6.14. The van der Waals surface area contributed by atoms with Crippen molar-refractivity contribution in [3.63, 3.8) is 0 Å². The van der Waals surface area contributed by atoms with E-state index in [4.69, 9.17) is 0 Å². The second-order valence-corrected chi connectivity index (χ2v) is 7.35. The van der Waals surface area contributed by atoms with Gasteiger partial charge < -0.3 is 10.0 Å². The Morgan fingerprint density at radius 1 is 1.22 bits per heavy atom. The van der Waals surface area contributed by atoms with Gasteiger partial charge in [0.05, 0.1) is 5.37 Å². The number of carboxylic acids is 1. The van der Waals surface area contributed by atoms with Crippen molar-refractivity contribution >= 4 is 23.6 Å². The molecule has 1 saturated carbocycles. The molecule has 1 aliphatic heterocycles. The largest absolute Gasteiger partial charge is 0.480 e. The first kappa shape index (κ1) is 16.3. The molecule has 4 nitrogen and oxygen atoms in total. The molecule has 1 saturated heterocycles. The monoisotopic (exact) mass is 337 g/mol. The minimum atomic E-state index is -0.986. The molecule has 124 valence electrons. The van der Waals surface area contributed by atoms with E-state index in [9.17, 15) is 19.1 Å². The molecule has 0 unspecified atom stereocenters. The van der Waals surface area contributed by atoms with Crippen molar-refractivity contribution in [2.75, 3.05) is 5.75 Å². The Balaban J connectivity index is 1.88. The van der Waals surface area contributed by atoms with Crippen LogP contribution >= 0.6 is 11.8 Å². The highest BCUT2D eigenvalue weighted by atomic mass is 32.2. The van der Waals surface area contributed by atoms with Gasteiger partial charge in [-0.05, 0) is 37.0 Å². The Labute approximate surface area is 139 Å². The van der Waals surface area contributed by atoms with Gasteiger partial charge in [-0.3, -0.25) is 4.79 Å². The Morgan fingerprint density at radius 3 is 2.61 bits per heavy atom. The molecule has 1 aromatic carbocycles. The number of thioether (sulfide) groups is 1. The Hall–Kier alpha value is -1.56. The second kappa shape index (κ2) is 6.91. The number of carbonyl (C=O) groups excluding carboxylic acids is 1. The minimum Gasteiger partial charge on any atom is -0.480 e. The first-order valence-corrected chi connectivity index (χ1v) is 9.05. The van der Waals surface area contributed by atoms with Gasteiger partial charge in [0.15, 0.2) is 0 Å². The topological polar surface area (TPSA) is 57.6 Å². The van der Waals surface area contributed by atoms with E-state index >= 15 is 0 Å². The molecule has 0 aromatic heterocycles. The van der Waals surface area contributed by atoms with E-state index in [-0.39, 0.29) is 16.8 Å². The number of halogens is 1. The highest BCUT2D eigenvalue weighted by Gasteiger charge is 2.45. The summed E-state index contributed by atoms with van der Waals surface area (Å²) < 4.78 is 13.4. The Bertz CT molecular complexity index is 603. The summed E-state index contributed by atoms with van der Waals surface area (Å²) in [6.07, 6.45) is 5.50. The highest BCUT2D eigenvalue weighted by Crippen LogP contribution is 2.41. The average Bonchev–Trinajstić information content (AvgIpc) is 3.00. The molecule has 2 fully saturated rings. The number of nitrogens with zero attached hydrogens (tertiary/aromatic N) is 1. The lowest BCUT2D eigenvalue weighted by molar-refractivity contribution is -0.141. The maximum absolute atomic E-state index is 13.4. The molecular weight excluding hydrogens is 317 g/mol. The summed E-state index contributed by atoms with van der Waals surface area (Å²) >= 11 is 1.55. The van der Waals surface area contributed by atoms with Gasteiger partial charge in [0.1, 0.15) is 11.9 Å². The molecule has 23 heavy (non-hydrogen) atoms. The van der Waals surface area contributed by atoms with Crippen LogP contribution in [0.25, 0.3) is 0 Å². The third-order valence-electron chi connectivity index (χ3n) is 4.68. The summed E-state index contributed by atoms with van der Waals surface area (Å²) in [5.41, 5.74) is 0.222. The average molecular weight is 337 g/mol. The third kappa shape index (κ3) is 3.37. The lowest BCUT2D eigenvalue weighted by atomic mass is 9.88. The summed E-state index contributed by atoms with van der Waals surface area (Å²) in [6.45, 7) is 0. The first-order valence-electron chi connectivity index (χ1n) is 8.00. The van der Waals surface area contributed by atoms with Crippen LogP contribution in [0.3, 0.4) is 0 Å². The van der Waals surface area contributed by atoms with E-state index < -0.39 is 17.8 Å². The van der Waals surface area contributed by atoms with Crippen LogP contribution in [0.4, 0.5) is 4.39 Å². The fourth-order valence-electron chi connectivity index (χ4n) is 3.53. The minimum absolute atomic E-state index is 0.118. The summed E-state index contributed by atoms with van der Waals surface area (Å²) in [5, 5.41) is 9.35. The fourth-order valence-corrected chi connectivity index (χ4v) is 5.16. The van der Waals surface area contributed by atoms with Gasteiger partial charge in [0.2, 0.25) is 0 Å². The van der Waals surface area contributed by atoms with Crippen LogP contribution in [0.2, 0.25) is 0 Å². The van der Waals surface area contributed by atoms with Gasteiger partial charge in [-0.1, -0.05) is 25.3 Å². The predicted molar refractivity (Wildman–Crippen MR) is 86.8 cm³/mol. The number of aliphatic carboxylic acids is 1. The van der Waals surface area contributed by atoms with Crippen LogP contribution in [0, 0.1) is 11.7 Å². The van der Waals surface area contributed by atoms with E-state index in [0.29, 0.717) is 11.7 Å². The maximum atomic E-state index is 13.4. The van der Waals surface area contributed by atoms with E-state index in [1.54, 1.807) is 17.8 Å². The smallest absolute Gasteiger partial charge is 0.327 e. The number of rotatable bonds is 3. The zero-order valence-electron chi connectivity index (χ0n) is 12.8. The summed E-state index contributed by atoms with van der Waals surface area (Å²) in [7, 11) is 0. The molecule has 1 heterocycles. The van der Waals surface area contributed by atoms with Gasteiger partial charge in [-0.25, -0.2) is 9.18 Å². The van der Waals surface area contributed by atoms with Crippen LogP contribution in [-0.2, 0) is 4.79 Å². The number of carboxylic acid groups (broad SMARTS) is 1. The maximum Gasteiger partial charge on any atom is 0.327 e. The van der Waals surface area contributed by atoms with Gasteiger partial charge in [-0.2, -0.15) is 0 Å². The van der Waals surface area contributed by atoms with Gasteiger partial charge in [0, 0.05) is 11.3 Å². The van der Waals surface area contributed by atoms with Gasteiger partial charge in [-0.15, -0.1) is 11.8 Å². The molecule has 0 bridgehead atoms. The number of benzene rings is 1. The zero-order valence-corrected chi connectivity index (χ0v) is 13.6. The van der Waals surface area contributed by atoms with E-state index in [1.807, 2.05) is 0 Å². The van der Waals surface area contributed by atoms with E-state index in [1.165, 1.54) is 29.5 Å².